The Kier molecular flexibility index (Phi) is 4.74. The highest BCUT2D eigenvalue weighted by Crippen LogP contribution is 2.19. The molecule has 25 heavy (non-hydrogen) atoms. The Morgan fingerprint density at radius 3 is 2.96 bits per heavy atom. The molecule has 0 spiro atoms. The van der Waals surface area contributed by atoms with E-state index in [-0.39, 0.29) is 24.1 Å². The maximum atomic E-state index is 13.5. The fourth-order valence-corrected chi connectivity index (χ4v) is 3.18. The molecule has 1 aromatic heterocycles. The molecular weight excluding hydrogens is 323 g/mol. The highest BCUT2D eigenvalue weighted by Gasteiger charge is 2.30. The lowest BCUT2D eigenvalue weighted by Gasteiger charge is -2.24. The quantitative estimate of drug-likeness (QED) is 0.835. The van der Waals surface area contributed by atoms with Gasteiger partial charge in [0, 0.05) is 23.8 Å². The lowest BCUT2D eigenvalue weighted by atomic mass is 10.1. The minimum atomic E-state index is -0.452. The number of nitrogens with one attached hydrogen (secondary N) is 2. The van der Waals surface area contributed by atoms with Crippen LogP contribution in [0.5, 0.6) is 0 Å². The zero-order chi connectivity index (χ0) is 18.0. The smallest absolute Gasteiger partial charge is 0.252 e. The average molecular weight is 342 g/mol. The van der Waals surface area contributed by atoms with Gasteiger partial charge in [0.2, 0.25) is 5.91 Å². The maximum absolute atomic E-state index is 13.5. The van der Waals surface area contributed by atoms with Crippen LogP contribution in [0.2, 0.25) is 0 Å². The lowest BCUT2D eigenvalue weighted by molar-refractivity contribution is -0.129. The second-order valence-corrected chi connectivity index (χ2v) is 6.13. The van der Waals surface area contributed by atoms with E-state index in [1.807, 2.05) is 0 Å². The van der Waals surface area contributed by atoms with Crippen LogP contribution >= 0.6 is 0 Å². The van der Waals surface area contributed by atoms with Gasteiger partial charge in [-0.2, -0.15) is 0 Å². The number of fused-ring (bicyclic) bond motifs is 1. The first-order valence-electron chi connectivity index (χ1n) is 8.14. The second-order valence-electron chi connectivity index (χ2n) is 6.13. The first kappa shape index (κ1) is 17.0. The number of carbonyl (C=O) groups is 2. The molecule has 0 radical (unpaired) electrons. The Labute approximate surface area is 144 Å². The summed E-state index contributed by atoms with van der Waals surface area (Å²) in [4.78, 5) is 30.5. The molecule has 1 saturated heterocycles. The number of benzene rings is 1. The first-order valence-corrected chi connectivity index (χ1v) is 8.14. The molecule has 2 N–H and O–H groups in total. The van der Waals surface area contributed by atoms with E-state index in [9.17, 15) is 14.0 Å². The van der Waals surface area contributed by atoms with Gasteiger partial charge in [0.05, 0.1) is 23.7 Å². The van der Waals surface area contributed by atoms with Gasteiger partial charge < -0.3 is 15.6 Å². The van der Waals surface area contributed by atoms with Gasteiger partial charge in [-0.05, 0) is 44.0 Å². The van der Waals surface area contributed by atoms with E-state index in [0.717, 1.165) is 12.8 Å². The molecule has 1 unspecified atom stereocenters. The highest BCUT2D eigenvalue weighted by molar-refractivity contribution is 6.07. The number of hydrogen-bond acceptors (Lipinski definition) is 4. The van der Waals surface area contributed by atoms with Crippen molar-refractivity contribution in [2.75, 3.05) is 13.1 Å². The summed E-state index contributed by atoms with van der Waals surface area (Å²) in [5.41, 5.74) is 1.24. The summed E-state index contributed by atoms with van der Waals surface area (Å²) in [5.74, 6) is -1.12. The molecule has 1 aliphatic heterocycles. The molecule has 2 amide bonds. The number of nitrogens with zero attached hydrogens (tertiary/aromatic N) is 2. The topological polar surface area (TPSA) is 86.2 Å². The van der Waals surface area contributed by atoms with Gasteiger partial charge in [-0.3, -0.25) is 14.6 Å². The van der Waals surface area contributed by atoms with E-state index >= 15 is 0 Å². The van der Waals surface area contributed by atoms with Crippen LogP contribution in [0, 0.1) is 11.2 Å². The molecule has 2 heterocycles. The number of amides is 2. The van der Waals surface area contributed by atoms with Crippen molar-refractivity contribution in [3.8, 4) is 0 Å². The molecule has 3 rings (SSSR count). The Morgan fingerprint density at radius 1 is 1.40 bits per heavy atom. The molecule has 130 valence electrons. The van der Waals surface area contributed by atoms with Crippen molar-refractivity contribution in [3.05, 3.63) is 41.8 Å². The lowest BCUT2D eigenvalue weighted by Crippen LogP contribution is -2.44. The van der Waals surface area contributed by atoms with Crippen LogP contribution in [0.25, 0.3) is 10.9 Å². The predicted molar refractivity (Wildman–Crippen MR) is 92.2 cm³/mol. The summed E-state index contributed by atoms with van der Waals surface area (Å²) < 4.78 is 13.5. The number of rotatable bonds is 4. The van der Waals surface area contributed by atoms with Gasteiger partial charge in [-0.25, -0.2) is 4.39 Å². The summed E-state index contributed by atoms with van der Waals surface area (Å²) in [5, 5.41) is 10.8. The summed E-state index contributed by atoms with van der Waals surface area (Å²) in [6.45, 7) is 2.13. The van der Waals surface area contributed by atoms with Crippen molar-refractivity contribution < 1.29 is 14.0 Å². The van der Waals surface area contributed by atoms with E-state index < -0.39 is 11.7 Å². The predicted octanol–water partition coefficient (Wildman–Crippen LogP) is 2.13. The van der Waals surface area contributed by atoms with Crippen LogP contribution in [-0.4, -0.2) is 46.5 Å². The van der Waals surface area contributed by atoms with Crippen molar-refractivity contribution in [2.45, 2.75) is 25.8 Å². The summed E-state index contributed by atoms with van der Waals surface area (Å²) in [6.07, 6.45) is 3.12. The zero-order valence-electron chi connectivity index (χ0n) is 13.9. The van der Waals surface area contributed by atoms with Crippen LogP contribution in [0.15, 0.2) is 30.5 Å². The number of hydrogen-bond donors (Lipinski definition) is 2. The van der Waals surface area contributed by atoms with Gasteiger partial charge in [-0.15, -0.1) is 0 Å². The van der Waals surface area contributed by atoms with Gasteiger partial charge in [0.15, 0.2) is 0 Å². The Balaban J connectivity index is 1.72. The number of pyridine rings is 1. The third kappa shape index (κ3) is 3.50. The maximum Gasteiger partial charge on any atom is 0.252 e. The molecule has 7 heteroatoms. The molecule has 0 aliphatic carbocycles. The third-order valence-corrected chi connectivity index (χ3v) is 4.42. The van der Waals surface area contributed by atoms with Crippen molar-refractivity contribution in [1.29, 1.82) is 5.41 Å². The van der Waals surface area contributed by atoms with E-state index in [4.69, 9.17) is 5.41 Å². The minimum absolute atomic E-state index is 0.151. The van der Waals surface area contributed by atoms with Gasteiger partial charge in [0.1, 0.15) is 5.82 Å². The van der Waals surface area contributed by atoms with Crippen LogP contribution in [0.4, 0.5) is 4.39 Å². The zero-order valence-corrected chi connectivity index (χ0v) is 13.9. The molecule has 1 fully saturated rings. The van der Waals surface area contributed by atoms with E-state index in [1.54, 1.807) is 11.8 Å². The number of halogens is 1. The monoisotopic (exact) mass is 342 g/mol. The van der Waals surface area contributed by atoms with Gasteiger partial charge in [-0.1, -0.05) is 0 Å². The summed E-state index contributed by atoms with van der Waals surface area (Å²) in [7, 11) is 0. The third-order valence-electron chi connectivity index (χ3n) is 4.42. The fourth-order valence-electron chi connectivity index (χ4n) is 3.18. The second kappa shape index (κ2) is 6.96. The normalized spacial score (nSPS) is 16.9. The van der Waals surface area contributed by atoms with Crippen LogP contribution < -0.4 is 5.32 Å². The van der Waals surface area contributed by atoms with Crippen LogP contribution in [0.1, 0.15) is 30.1 Å². The molecule has 2 aromatic rings. The largest absolute Gasteiger partial charge is 0.343 e. The van der Waals surface area contributed by atoms with Gasteiger partial charge >= 0.3 is 0 Å². The molecule has 1 aromatic carbocycles. The Morgan fingerprint density at radius 2 is 2.20 bits per heavy atom. The fraction of sp³-hybridized carbons (Fsp3) is 0.333. The number of likely N-dealkylation sites (tertiary alicyclic amines) is 1. The Hall–Kier alpha value is -2.83. The standard InChI is InChI=1S/C18H19FN4O2/c1-11(20)16-3-2-8-23(16)17(24)10-22-18(25)13-6-7-21-15-5-4-12(19)9-14(13)15/h4-7,9,16,20H,2-3,8,10H2,1H3,(H,22,25). The van der Waals surface area contributed by atoms with Crippen LogP contribution in [0.3, 0.4) is 0 Å². The van der Waals surface area contributed by atoms with E-state index in [0.29, 0.717) is 23.2 Å². The average Bonchev–Trinajstić information content (AvgIpc) is 3.09. The van der Waals surface area contributed by atoms with Crippen LogP contribution in [-0.2, 0) is 4.79 Å². The van der Waals surface area contributed by atoms with E-state index in [2.05, 4.69) is 10.3 Å². The summed E-state index contributed by atoms with van der Waals surface area (Å²) >= 11 is 0. The molecule has 0 bridgehead atoms. The molecular formula is C18H19FN4O2. The van der Waals surface area contributed by atoms with Crippen molar-refractivity contribution in [3.63, 3.8) is 0 Å². The molecule has 1 atom stereocenters. The number of carbonyl (C=O) groups excluding carboxylic acids is 2. The van der Waals surface area contributed by atoms with E-state index in [1.165, 1.54) is 30.5 Å². The minimum Gasteiger partial charge on any atom is -0.343 e. The molecule has 6 nitrogen and oxygen atoms in total. The van der Waals surface area contributed by atoms with Crippen molar-refractivity contribution >= 4 is 28.4 Å². The highest BCUT2D eigenvalue weighted by atomic mass is 19.1. The summed E-state index contributed by atoms with van der Waals surface area (Å²) in [6, 6.07) is 5.37. The van der Waals surface area contributed by atoms with Gasteiger partial charge in [0.25, 0.3) is 5.91 Å². The first-order chi connectivity index (χ1) is 12.0. The van der Waals surface area contributed by atoms with Crippen molar-refractivity contribution in [1.82, 2.24) is 15.2 Å². The molecule has 1 aliphatic rings. The Bertz CT molecular complexity index is 852. The van der Waals surface area contributed by atoms with Crippen molar-refractivity contribution in [2.24, 2.45) is 0 Å². The SMILES string of the molecule is CC(=N)C1CCCN1C(=O)CNC(=O)c1ccnc2ccc(F)cc12. The molecule has 0 saturated carbocycles. The number of aromatic nitrogens is 1.